The summed E-state index contributed by atoms with van der Waals surface area (Å²) >= 11 is 0. The van der Waals surface area contributed by atoms with Gasteiger partial charge in [0.05, 0.1) is 18.0 Å². The van der Waals surface area contributed by atoms with Crippen LogP contribution < -0.4 is 10.2 Å². The summed E-state index contributed by atoms with van der Waals surface area (Å²) in [5.41, 5.74) is 0.237. The molecule has 162 valence electrons. The summed E-state index contributed by atoms with van der Waals surface area (Å²) in [7, 11) is 0. The molecule has 4 rings (SSSR count). The van der Waals surface area contributed by atoms with E-state index in [9.17, 15) is 18.0 Å². The number of alkyl halides is 3. The Labute approximate surface area is 176 Å². The number of aromatic nitrogens is 4. The number of pyridine rings is 2. The number of nitrogens with zero attached hydrogens (tertiary/aromatic N) is 5. The zero-order valence-electron chi connectivity index (χ0n) is 16.6. The van der Waals surface area contributed by atoms with Gasteiger partial charge in [-0.05, 0) is 42.7 Å². The lowest BCUT2D eigenvalue weighted by Crippen LogP contribution is -2.42. The normalized spacial score (nSPS) is 16.9. The third kappa shape index (κ3) is 5.01. The summed E-state index contributed by atoms with van der Waals surface area (Å²) in [6.45, 7) is 1.13. The average Bonchev–Trinajstić information content (AvgIpc) is 3.20. The number of piperidine rings is 1. The first-order valence-electron chi connectivity index (χ1n) is 9.90. The van der Waals surface area contributed by atoms with Crippen LogP contribution in [0.5, 0.6) is 0 Å². The van der Waals surface area contributed by atoms with Crippen LogP contribution in [0, 0.1) is 5.92 Å². The lowest BCUT2D eigenvalue weighted by atomic mass is 9.96. The van der Waals surface area contributed by atoms with E-state index in [4.69, 9.17) is 0 Å². The lowest BCUT2D eigenvalue weighted by molar-refractivity contribution is -0.137. The van der Waals surface area contributed by atoms with Crippen molar-refractivity contribution in [3.63, 3.8) is 0 Å². The van der Waals surface area contributed by atoms with Crippen LogP contribution in [0.3, 0.4) is 0 Å². The van der Waals surface area contributed by atoms with E-state index in [1.54, 1.807) is 34.2 Å². The van der Waals surface area contributed by atoms with Crippen LogP contribution in [0.25, 0.3) is 0 Å². The van der Waals surface area contributed by atoms with E-state index in [1.165, 1.54) is 12.3 Å². The van der Waals surface area contributed by atoms with E-state index >= 15 is 0 Å². The van der Waals surface area contributed by atoms with E-state index in [2.05, 4.69) is 20.4 Å². The van der Waals surface area contributed by atoms with E-state index in [0.29, 0.717) is 31.7 Å². The van der Waals surface area contributed by atoms with Gasteiger partial charge in [-0.2, -0.15) is 18.3 Å². The fourth-order valence-corrected chi connectivity index (χ4v) is 3.67. The van der Waals surface area contributed by atoms with Crippen LogP contribution >= 0.6 is 0 Å². The third-order valence-corrected chi connectivity index (χ3v) is 5.17. The van der Waals surface area contributed by atoms with E-state index in [0.717, 1.165) is 11.6 Å². The molecular formula is C21H21F3N6O. The van der Waals surface area contributed by atoms with E-state index in [1.807, 2.05) is 12.1 Å². The Hall–Kier alpha value is -3.43. The topological polar surface area (TPSA) is 75.9 Å². The highest BCUT2D eigenvalue weighted by Gasteiger charge is 2.37. The fraction of sp³-hybridized carbons (Fsp3) is 0.333. The first kappa shape index (κ1) is 20.8. The number of rotatable bonds is 5. The molecule has 1 atom stereocenters. The molecule has 0 aliphatic carbocycles. The number of anilines is 2. The Morgan fingerprint density at radius 2 is 1.97 bits per heavy atom. The molecule has 0 radical (unpaired) electrons. The average molecular weight is 430 g/mol. The Balaban J connectivity index is 1.41. The van der Waals surface area contributed by atoms with Crippen LogP contribution in [-0.2, 0) is 17.5 Å². The molecule has 0 saturated carbocycles. The highest BCUT2D eigenvalue weighted by molar-refractivity contribution is 5.92. The second kappa shape index (κ2) is 8.75. The van der Waals surface area contributed by atoms with Gasteiger partial charge >= 0.3 is 6.18 Å². The molecule has 7 nitrogen and oxygen atoms in total. The summed E-state index contributed by atoms with van der Waals surface area (Å²) in [6.07, 6.45) is 3.18. The van der Waals surface area contributed by atoms with Crippen molar-refractivity contribution in [3.05, 3.63) is 66.2 Å². The Bertz CT molecular complexity index is 1040. The predicted molar refractivity (Wildman–Crippen MR) is 108 cm³/mol. The minimum Gasteiger partial charge on any atom is -0.355 e. The smallest absolute Gasteiger partial charge is 0.355 e. The van der Waals surface area contributed by atoms with Gasteiger partial charge in [0.1, 0.15) is 5.82 Å². The van der Waals surface area contributed by atoms with Crippen molar-refractivity contribution in [2.24, 2.45) is 5.92 Å². The van der Waals surface area contributed by atoms with Crippen molar-refractivity contribution in [1.29, 1.82) is 0 Å². The molecule has 1 aliphatic heterocycles. The number of carbonyl (C=O) groups is 1. The highest BCUT2D eigenvalue weighted by Crippen LogP contribution is 2.36. The van der Waals surface area contributed by atoms with Gasteiger partial charge in [0, 0.05) is 43.9 Å². The van der Waals surface area contributed by atoms with Gasteiger partial charge in [-0.25, -0.2) is 4.98 Å². The van der Waals surface area contributed by atoms with Gasteiger partial charge in [-0.3, -0.25) is 14.5 Å². The fourth-order valence-electron chi connectivity index (χ4n) is 3.67. The molecule has 10 heteroatoms. The molecular weight excluding hydrogens is 409 g/mol. The van der Waals surface area contributed by atoms with Crippen molar-refractivity contribution in [3.8, 4) is 0 Å². The van der Waals surface area contributed by atoms with Gasteiger partial charge in [-0.15, -0.1) is 0 Å². The zero-order valence-corrected chi connectivity index (χ0v) is 16.6. The van der Waals surface area contributed by atoms with E-state index < -0.39 is 17.7 Å². The number of hydrogen-bond donors (Lipinski definition) is 1. The van der Waals surface area contributed by atoms with Crippen LogP contribution in [0.1, 0.15) is 24.0 Å². The molecule has 1 fully saturated rings. The number of nitrogens with one attached hydrogen (secondary N) is 1. The number of carbonyl (C=O) groups excluding carboxylic acids is 1. The van der Waals surface area contributed by atoms with Gasteiger partial charge in [-0.1, -0.05) is 0 Å². The quantitative estimate of drug-likeness (QED) is 0.670. The summed E-state index contributed by atoms with van der Waals surface area (Å²) in [5.74, 6) is -0.440. The molecule has 1 N–H and O–H groups in total. The Morgan fingerprint density at radius 1 is 1.16 bits per heavy atom. The Morgan fingerprint density at radius 3 is 2.74 bits per heavy atom. The first-order valence-corrected chi connectivity index (χ1v) is 9.90. The molecule has 31 heavy (non-hydrogen) atoms. The van der Waals surface area contributed by atoms with Crippen LogP contribution in [0.4, 0.5) is 24.8 Å². The molecule has 3 aromatic rings. The van der Waals surface area contributed by atoms with E-state index in [-0.39, 0.29) is 18.3 Å². The number of halogens is 3. The maximum atomic E-state index is 13.3. The standard InChI is InChI=1S/C21H21F3N6O/c22-21(23,24)17-4-1-8-26-19(17)29-11-2-3-16(14-29)20(31)27-18-7-12-30(28-18)13-15-5-9-25-10-6-15/h1,4-10,12,16H,2-3,11,13-14H2,(H,27,28,31). The number of hydrogen-bond acceptors (Lipinski definition) is 5. The summed E-state index contributed by atoms with van der Waals surface area (Å²) in [6, 6.07) is 7.73. The Kier molecular flexibility index (Phi) is 5.88. The first-order chi connectivity index (χ1) is 14.9. The van der Waals surface area contributed by atoms with Crippen molar-refractivity contribution in [2.45, 2.75) is 25.6 Å². The molecule has 0 bridgehead atoms. The van der Waals surface area contributed by atoms with Gasteiger partial charge in [0.15, 0.2) is 5.82 Å². The number of amides is 1. The van der Waals surface area contributed by atoms with Gasteiger partial charge in [0.25, 0.3) is 0 Å². The summed E-state index contributed by atoms with van der Waals surface area (Å²) < 4.78 is 41.7. The zero-order chi connectivity index (χ0) is 21.8. The second-order valence-electron chi connectivity index (χ2n) is 7.40. The maximum Gasteiger partial charge on any atom is 0.419 e. The largest absolute Gasteiger partial charge is 0.419 e. The molecule has 1 amide bonds. The molecule has 4 heterocycles. The molecule has 0 aromatic carbocycles. The molecule has 1 unspecified atom stereocenters. The monoisotopic (exact) mass is 430 g/mol. The second-order valence-corrected chi connectivity index (χ2v) is 7.40. The SMILES string of the molecule is O=C(Nc1ccn(Cc2ccncc2)n1)C1CCCN(c2ncccc2C(F)(F)F)C1. The lowest BCUT2D eigenvalue weighted by Gasteiger charge is -2.34. The van der Waals surface area contributed by atoms with Crippen LogP contribution in [0.2, 0.25) is 0 Å². The maximum absolute atomic E-state index is 13.3. The van der Waals surface area contributed by atoms with Crippen molar-refractivity contribution >= 4 is 17.5 Å². The highest BCUT2D eigenvalue weighted by atomic mass is 19.4. The predicted octanol–water partition coefficient (Wildman–Crippen LogP) is 3.60. The van der Waals surface area contributed by atoms with Crippen molar-refractivity contribution < 1.29 is 18.0 Å². The molecule has 1 saturated heterocycles. The van der Waals surface area contributed by atoms with Crippen molar-refractivity contribution in [1.82, 2.24) is 19.7 Å². The minimum absolute atomic E-state index is 0.130. The summed E-state index contributed by atoms with van der Waals surface area (Å²) in [4.78, 5) is 22.2. The van der Waals surface area contributed by atoms with Crippen LogP contribution in [0.15, 0.2) is 55.1 Å². The minimum atomic E-state index is -4.50. The van der Waals surface area contributed by atoms with Gasteiger partial charge < -0.3 is 10.2 Å². The molecule has 1 aliphatic rings. The third-order valence-electron chi connectivity index (χ3n) is 5.17. The van der Waals surface area contributed by atoms with Crippen LogP contribution in [-0.4, -0.2) is 38.7 Å². The van der Waals surface area contributed by atoms with Crippen molar-refractivity contribution in [2.75, 3.05) is 23.3 Å². The molecule has 0 spiro atoms. The van der Waals surface area contributed by atoms with Gasteiger partial charge in [0.2, 0.25) is 5.91 Å². The molecule has 3 aromatic heterocycles. The summed E-state index contributed by atoms with van der Waals surface area (Å²) in [5, 5.41) is 7.14.